The maximum absolute atomic E-state index is 12.8. The second kappa shape index (κ2) is 7.58. The number of aromatic nitrogens is 1. The van der Waals surface area contributed by atoms with Gasteiger partial charge in [-0.2, -0.15) is 0 Å². The zero-order chi connectivity index (χ0) is 19.7. The van der Waals surface area contributed by atoms with E-state index in [9.17, 15) is 14.7 Å². The third-order valence-corrected chi connectivity index (χ3v) is 5.47. The largest absolute Gasteiger partial charge is 0.508 e. The van der Waals surface area contributed by atoms with E-state index < -0.39 is 0 Å². The van der Waals surface area contributed by atoms with Gasteiger partial charge in [0.2, 0.25) is 0 Å². The summed E-state index contributed by atoms with van der Waals surface area (Å²) in [5.74, 6) is -0.135. The second-order valence-electron chi connectivity index (χ2n) is 6.21. The quantitative estimate of drug-likeness (QED) is 0.610. The van der Waals surface area contributed by atoms with Crippen molar-refractivity contribution in [2.45, 2.75) is 6.54 Å². The fourth-order valence-corrected chi connectivity index (χ4v) is 3.85. The molecule has 140 valence electrons. The summed E-state index contributed by atoms with van der Waals surface area (Å²) >= 11 is 6.81. The first-order chi connectivity index (χ1) is 13.5. The van der Waals surface area contributed by atoms with Crippen LogP contribution in [0.2, 0.25) is 5.02 Å². The molecule has 28 heavy (non-hydrogen) atoms. The van der Waals surface area contributed by atoms with Gasteiger partial charge in [0.15, 0.2) is 0 Å². The molecule has 0 spiro atoms. The number of amides is 2. The molecule has 0 saturated carbocycles. The lowest BCUT2D eigenvalue weighted by atomic mass is 10.2. The molecular formula is C21H15ClN2O3S. The normalized spacial score (nSPS) is 15.6. The van der Waals surface area contributed by atoms with Gasteiger partial charge in [0.25, 0.3) is 11.1 Å². The fourth-order valence-electron chi connectivity index (χ4n) is 2.90. The van der Waals surface area contributed by atoms with E-state index in [1.165, 1.54) is 4.90 Å². The highest BCUT2D eigenvalue weighted by atomic mass is 35.5. The second-order valence-corrected chi connectivity index (χ2v) is 7.64. The van der Waals surface area contributed by atoms with Gasteiger partial charge in [0, 0.05) is 22.6 Å². The molecule has 4 rings (SSSR count). The summed E-state index contributed by atoms with van der Waals surface area (Å²) in [6.45, 7) is 0.206. The molecule has 0 unspecified atom stereocenters. The molecule has 5 nitrogen and oxygen atoms in total. The number of nitrogens with zero attached hydrogens (tertiary/aromatic N) is 2. The molecule has 0 bridgehead atoms. The molecule has 7 heteroatoms. The number of aromatic hydroxyl groups is 1. The number of phenols is 1. The topological polar surface area (TPSA) is 62.5 Å². The van der Waals surface area contributed by atoms with Gasteiger partial charge in [-0.05, 0) is 71.9 Å². The molecule has 2 aromatic carbocycles. The standard InChI is InChI=1S/C21H15ClN2O3S/c22-15-5-3-14(4-6-15)13-24-20(26)19(28-21(24)27)12-17-2-1-11-23(17)16-7-9-18(25)10-8-16/h1-12,25H,13H2. The number of benzene rings is 2. The van der Waals surface area contributed by atoms with Gasteiger partial charge in [-0.3, -0.25) is 14.5 Å². The van der Waals surface area contributed by atoms with Crippen molar-refractivity contribution in [3.63, 3.8) is 0 Å². The van der Waals surface area contributed by atoms with Crippen LogP contribution in [0.1, 0.15) is 11.3 Å². The minimum absolute atomic E-state index is 0.181. The van der Waals surface area contributed by atoms with Crippen LogP contribution < -0.4 is 0 Å². The molecule has 1 saturated heterocycles. The maximum Gasteiger partial charge on any atom is 0.293 e. The van der Waals surface area contributed by atoms with Crippen molar-refractivity contribution in [2.24, 2.45) is 0 Å². The van der Waals surface area contributed by atoms with Crippen LogP contribution in [-0.2, 0) is 11.3 Å². The Bertz CT molecular complexity index is 1070. The predicted octanol–water partition coefficient (Wildman–Crippen LogP) is 5.07. The van der Waals surface area contributed by atoms with E-state index in [1.54, 1.807) is 54.6 Å². The number of imide groups is 1. The average molecular weight is 411 g/mol. The van der Waals surface area contributed by atoms with Crippen molar-refractivity contribution in [1.29, 1.82) is 0 Å². The van der Waals surface area contributed by atoms with Gasteiger partial charge in [0.05, 0.1) is 11.4 Å². The summed E-state index contributed by atoms with van der Waals surface area (Å²) in [4.78, 5) is 26.7. The molecule has 3 aromatic rings. The zero-order valence-corrected chi connectivity index (χ0v) is 16.2. The molecule has 2 amide bonds. The Morgan fingerprint density at radius 1 is 1.00 bits per heavy atom. The van der Waals surface area contributed by atoms with Crippen LogP contribution in [-0.4, -0.2) is 25.7 Å². The minimum atomic E-state index is -0.316. The Balaban J connectivity index is 1.59. The van der Waals surface area contributed by atoms with E-state index in [-0.39, 0.29) is 23.4 Å². The van der Waals surface area contributed by atoms with E-state index >= 15 is 0 Å². The first-order valence-electron chi connectivity index (χ1n) is 8.48. The van der Waals surface area contributed by atoms with E-state index in [4.69, 9.17) is 11.6 Å². The van der Waals surface area contributed by atoms with Crippen molar-refractivity contribution in [1.82, 2.24) is 9.47 Å². The number of hydrogen-bond donors (Lipinski definition) is 1. The highest BCUT2D eigenvalue weighted by Gasteiger charge is 2.35. The zero-order valence-electron chi connectivity index (χ0n) is 14.6. The van der Waals surface area contributed by atoms with Gasteiger partial charge in [-0.1, -0.05) is 23.7 Å². The first kappa shape index (κ1) is 18.4. The fraction of sp³-hybridized carbons (Fsp3) is 0.0476. The molecule has 1 aromatic heterocycles. The summed E-state index contributed by atoms with van der Waals surface area (Å²) in [6, 6.07) is 17.5. The van der Waals surface area contributed by atoms with E-state index in [2.05, 4.69) is 0 Å². The smallest absolute Gasteiger partial charge is 0.293 e. The van der Waals surface area contributed by atoms with Gasteiger partial charge >= 0.3 is 0 Å². The van der Waals surface area contributed by atoms with Crippen molar-refractivity contribution in [3.8, 4) is 11.4 Å². The Morgan fingerprint density at radius 2 is 1.71 bits per heavy atom. The minimum Gasteiger partial charge on any atom is -0.508 e. The van der Waals surface area contributed by atoms with Crippen LogP contribution in [0.15, 0.2) is 71.8 Å². The Labute approximate surface area is 170 Å². The van der Waals surface area contributed by atoms with E-state index in [1.807, 2.05) is 22.9 Å². The molecule has 0 radical (unpaired) electrons. The van der Waals surface area contributed by atoms with Crippen molar-refractivity contribution < 1.29 is 14.7 Å². The Morgan fingerprint density at radius 3 is 2.43 bits per heavy atom. The van der Waals surface area contributed by atoms with Crippen molar-refractivity contribution >= 4 is 40.6 Å². The lowest BCUT2D eigenvalue weighted by Gasteiger charge is -2.12. The van der Waals surface area contributed by atoms with Crippen LogP contribution in [0.4, 0.5) is 4.79 Å². The molecule has 2 heterocycles. The summed E-state index contributed by atoms with van der Waals surface area (Å²) in [7, 11) is 0. The maximum atomic E-state index is 12.8. The highest BCUT2D eigenvalue weighted by Crippen LogP contribution is 2.34. The highest BCUT2D eigenvalue weighted by molar-refractivity contribution is 8.18. The molecule has 1 N–H and O–H groups in total. The number of hydrogen-bond acceptors (Lipinski definition) is 4. The Kier molecular flexibility index (Phi) is 4.98. The third kappa shape index (κ3) is 3.69. The predicted molar refractivity (Wildman–Crippen MR) is 110 cm³/mol. The van der Waals surface area contributed by atoms with Crippen LogP contribution in [0, 0.1) is 0 Å². The third-order valence-electron chi connectivity index (χ3n) is 4.31. The van der Waals surface area contributed by atoms with Crippen LogP contribution in [0.3, 0.4) is 0 Å². The lowest BCUT2D eigenvalue weighted by molar-refractivity contribution is -0.123. The van der Waals surface area contributed by atoms with Crippen molar-refractivity contribution in [3.05, 3.63) is 88.0 Å². The van der Waals surface area contributed by atoms with Gasteiger partial charge in [-0.25, -0.2) is 0 Å². The Hall–Kier alpha value is -2.96. The van der Waals surface area contributed by atoms with Gasteiger partial charge in [-0.15, -0.1) is 0 Å². The molecule has 1 fully saturated rings. The summed E-state index contributed by atoms with van der Waals surface area (Å²) in [5.41, 5.74) is 2.44. The lowest BCUT2D eigenvalue weighted by Crippen LogP contribution is -2.27. The molecule has 1 aliphatic heterocycles. The number of rotatable bonds is 4. The molecule has 1 aliphatic rings. The monoisotopic (exact) mass is 410 g/mol. The van der Waals surface area contributed by atoms with E-state index in [0.29, 0.717) is 9.93 Å². The summed E-state index contributed by atoms with van der Waals surface area (Å²) in [5, 5.41) is 9.77. The van der Waals surface area contributed by atoms with Crippen LogP contribution >= 0.6 is 23.4 Å². The summed E-state index contributed by atoms with van der Waals surface area (Å²) in [6.07, 6.45) is 3.57. The van der Waals surface area contributed by atoms with Crippen LogP contribution in [0.5, 0.6) is 5.75 Å². The number of carbonyl (C=O) groups excluding carboxylic acids is 2. The number of phenolic OH excluding ortho intramolecular Hbond substituents is 1. The van der Waals surface area contributed by atoms with Gasteiger partial charge in [0.1, 0.15) is 5.75 Å². The SMILES string of the molecule is O=C1SC(=Cc2cccn2-c2ccc(O)cc2)C(=O)N1Cc1ccc(Cl)cc1. The molecular weight excluding hydrogens is 396 g/mol. The number of halogens is 1. The first-order valence-corrected chi connectivity index (χ1v) is 9.67. The summed E-state index contributed by atoms with van der Waals surface area (Å²) < 4.78 is 1.88. The van der Waals surface area contributed by atoms with Gasteiger partial charge < -0.3 is 9.67 Å². The van der Waals surface area contributed by atoms with Crippen LogP contribution in [0.25, 0.3) is 11.8 Å². The average Bonchev–Trinajstić information content (AvgIpc) is 3.24. The number of carbonyl (C=O) groups is 2. The molecule has 0 aliphatic carbocycles. The molecule has 0 atom stereocenters. The van der Waals surface area contributed by atoms with Crippen molar-refractivity contribution in [2.75, 3.05) is 0 Å². The van der Waals surface area contributed by atoms with E-state index in [0.717, 1.165) is 28.7 Å². The number of thioether (sulfide) groups is 1.